The van der Waals surface area contributed by atoms with Crippen LogP contribution in [0.1, 0.15) is 36.5 Å². The molecule has 0 heterocycles. The zero-order valence-electron chi connectivity index (χ0n) is 10.8. The van der Waals surface area contributed by atoms with Crippen molar-refractivity contribution >= 4 is 11.8 Å². The normalized spacial score (nSPS) is 9.89. The van der Waals surface area contributed by atoms with Gasteiger partial charge in [-0.15, -0.1) is 0 Å². The molecular weight excluding hydrogens is 232 g/mol. The molecule has 4 nitrogen and oxygen atoms in total. The summed E-state index contributed by atoms with van der Waals surface area (Å²) in [6.07, 6.45) is 1.13. The second-order valence-electron chi connectivity index (χ2n) is 3.81. The highest BCUT2D eigenvalue weighted by atomic mass is 16.5. The van der Waals surface area contributed by atoms with Crippen LogP contribution < -0.4 is 4.74 Å². The molecule has 0 saturated heterocycles. The second kappa shape index (κ2) is 7.48. The SMILES string of the molecule is CCOC(=O)CCCC(=O)c1cccc(OC)c1. The molecule has 0 saturated carbocycles. The first-order valence-corrected chi connectivity index (χ1v) is 6.00. The number of carbonyl (C=O) groups is 2. The third-order valence-corrected chi connectivity index (χ3v) is 2.48. The van der Waals surface area contributed by atoms with Gasteiger partial charge in [-0.1, -0.05) is 12.1 Å². The fourth-order valence-corrected chi connectivity index (χ4v) is 1.57. The lowest BCUT2D eigenvalue weighted by Gasteiger charge is -2.04. The minimum Gasteiger partial charge on any atom is -0.497 e. The number of Topliss-reactive ketones (excluding diaryl/α,β-unsaturated/α-hetero) is 1. The summed E-state index contributed by atoms with van der Waals surface area (Å²) in [4.78, 5) is 23.0. The number of esters is 1. The van der Waals surface area contributed by atoms with Crippen molar-refractivity contribution in [2.75, 3.05) is 13.7 Å². The average Bonchev–Trinajstić information content (AvgIpc) is 2.39. The van der Waals surface area contributed by atoms with E-state index in [4.69, 9.17) is 9.47 Å². The molecule has 0 aliphatic heterocycles. The predicted octanol–water partition coefficient (Wildman–Crippen LogP) is 2.61. The Morgan fingerprint density at radius 2 is 2.00 bits per heavy atom. The second-order valence-corrected chi connectivity index (χ2v) is 3.81. The first-order valence-electron chi connectivity index (χ1n) is 6.00. The van der Waals surface area contributed by atoms with Gasteiger partial charge >= 0.3 is 5.97 Å². The molecule has 0 N–H and O–H groups in total. The van der Waals surface area contributed by atoms with Crippen molar-refractivity contribution in [3.8, 4) is 5.75 Å². The quantitative estimate of drug-likeness (QED) is 0.551. The van der Waals surface area contributed by atoms with Gasteiger partial charge in [0.15, 0.2) is 5.78 Å². The first-order chi connectivity index (χ1) is 8.67. The molecule has 0 atom stereocenters. The third kappa shape index (κ3) is 4.57. The van der Waals surface area contributed by atoms with Crippen LogP contribution in [0, 0.1) is 0 Å². The zero-order chi connectivity index (χ0) is 13.4. The van der Waals surface area contributed by atoms with E-state index in [1.165, 1.54) is 0 Å². The molecule has 0 amide bonds. The Morgan fingerprint density at radius 1 is 1.22 bits per heavy atom. The topological polar surface area (TPSA) is 52.6 Å². The monoisotopic (exact) mass is 250 g/mol. The first kappa shape index (κ1) is 14.2. The molecule has 0 fully saturated rings. The van der Waals surface area contributed by atoms with Gasteiger partial charge in [0.25, 0.3) is 0 Å². The van der Waals surface area contributed by atoms with Crippen molar-refractivity contribution in [1.29, 1.82) is 0 Å². The van der Waals surface area contributed by atoms with E-state index in [0.29, 0.717) is 30.8 Å². The Hall–Kier alpha value is -1.84. The summed E-state index contributed by atoms with van der Waals surface area (Å²) < 4.78 is 9.85. The predicted molar refractivity (Wildman–Crippen MR) is 67.8 cm³/mol. The van der Waals surface area contributed by atoms with Crippen LogP contribution in [0.25, 0.3) is 0 Å². The number of hydrogen-bond acceptors (Lipinski definition) is 4. The van der Waals surface area contributed by atoms with Crippen LogP contribution in [0.3, 0.4) is 0 Å². The maximum absolute atomic E-state index is 11.8. The van der Waals surface area contributed by atoms with E-state index < -0.39 is 0 Å². The highest BCUT2D eigenvalue weighted by molar-refractivity contribution is 5.96. The van der Waals surface area contributed by atoms with Gasteiger partial charge in [-0.25, -0.2) is 0 Å². The molecule has 0 aromatic heterocycles. The average molecular weight is 250 g/mol. The molecule has 0 aliphatic carbocycles. The zero-order valence-corrected chi connectivity index (χ0v) is 10.8. The van der Waals surface area contributed by atoms with Crippen molar-refractivity contribution < 1.29 is 19.1 Å². The molecule has 0 spiro atoms. The van der Waals surface area contributed by atoms with Crippen molar-refractivity contribution in [2.24, 2.45) is 0 Å². The van der Waals surface area contributed by atoms with Gasteiger partial charge in [-0.2, -0.15) is 0 Å². The van der Waals surface area contributed by atoms with Crippen LogP contribution in [-0.2, 0) is 9.53 Å². The van der Waals surface area contributed by atoms with Crippen LogP contribution in [0.5, 0.6) is 5.75 Å². The summed E-state index contributed by atoms with van der Waals surface area (Å²) in [5.41, 5.74) is 0.609. The van der Waals surface area contributed by atoms with Crippen molar-refractivity contribution in [2.45, 2.75) is 26.2 Å². The number of benzene rings is 1. The summed E-state index contributed by atoms with van der Waals surface area (Å²) in [6.45, 7) is 2.14. The van der Waals surface area contributed by atoms with Gasteiger partial charge in [0.1, 0.15) is 5.75 Å². The van der Waals surface area contributed by atoms with Gasteiger partial charge in [-0.3, -0.25) is 9.59 Å². The van der Waals surface area contributed by atoms with Crippen LogP contribution in [0.2, 0.25) is 0 Å². The number of hydrogen-bond donors (Lipinski definition) is 0. The number of carbonyl (C=O) groups excluding carboxylic acids is 2. The summed E-state index contributed by atoms with van der Waals surface area (Å²) in [5, 5.41) is 0. The van der Waals surface area contributed by atoms with E-state index in [2.05, 4.69) is 0 Å². The fourth-order valence-electron chi connectivity index (χ4n) is 1.57. The van der Waals surface area contributed by atoms with E-state index >= 15 is 0 Å². The van der Waals surface area contributed by atoms with Crippen molar-refractivity contribution in [1.82, 2.24) is 0 Å². The van der Waals surface area contributed by atoms with Gasteiger partial charge < -0.3 is 9.47 Å². The van der Waals surface area contributed by atoms with Gasteiger partial charge in [0, 0.05) is 18.4 Å². The number of methoxy groups -OCH3 is 1. The van der Waals surface area contributed by atoms with Gasteiger partial charge in [-0.05, 0) is 25.5 Å². The van der Waals surface area contributed by atoms with Crippen molar-refractivity contribution in [3.05, 3.63) is 29.8 Å². The van der Waals surface area contributed by atoms with E-state index in [-0.39, 0.29) is 18.2 Å². The van der Waals surface area contributed by atoms with E-state index in [9.17, 15) is 9.59 Å². The minimum absolute atomic E-state index is 0.0122. The Labute approximate surface area is 107 Å². The van der Waals surface area contributed by atoms with Crippen LogP contribution >= 0.6 is 0 Å². The maximum Gasteiger partial charge on any atom is 0.305 e. The highest BCUT2D eigenvalue weighted by Crippen LogP contribution is 2.15. The minimum atomic E-state index is -0.254. The van der Waals surface area contributed by atoms with E-state index in [0.717, 1.165) is 0 Å². The van der Waals surface area contributed by atoms with Crippen LogP contribution in [0.15, 0.2) is 24.3 Å². The molecule has 0 unspecified atom stereocenters. The molecule has 18 heavy (non-hydrogen) atoms. The molecule has 4 heteroatoms. The molecule has 0 bridgehead atoms. The van der Waals surface area contributed by atoms with Crippen molar-refractivity contribution in [3.63, 3.8) is 0 Å². The number of rotatable bonds is 7. The van der Waals surface area contributed by atoms with E-state index in [1.807, 2.05) is 0 Å². The Kier molecular flexibility index (Phi) is 5.91. The molecule has 0 aliphatic rings. The largest absolute Gasteiger partial charge is 0.497 e. The molecular formula is C14H18O4. The third-order valence-electron chi connectivity index (χ3n) is 2.48. The lowest BCUT2D eigenvalue weighted by molar-refractivity contribution is -0.143. The smallest absolute Gasteiger partial charge is 0.305 e. The van der Waals surface area contributed by atoms with Crippen LogP contribution in [-0.4, -0.2) is 25.5 Å². The van der Waals surface area contributed by atoms with Crippen LogP contribution in [0.4, 0.5) is 0 Å². The molecule has 0 radical (unpaired) electrons. The highest BCUT2D eigenvalue weighted by Gasteiger charge is 2.08. The lowest BCUT2D eigenvalue weighted by Crippen LogP contribution is -2.05. The Bertz CT molecular complexity index is 412. The van der Waals surface area contributed by atoms with Gasteiger partial charge in [0.05, 0.1) is 13.7 Å². The Morgan fingerprint density at radius 3 is 2.67 bits per heavy atom. The molecule has 1 aromatic carbocycles. The standard InChI is InChI=1S/C14H18O4/c1-3-18-14(16)9-5-8-13(15)11-6-4-7-12(10-11)17-2/h4,6-7,10H,3,5,8-9H2,1-2H3. The summed E-state index contributed by atoms with van der Waals surface area (Å²) in [5.74, 6) is 0.417. The maximum atomic E-state index is 11.8. The Balaban J connectivity index is 2.42. The molecule has 98 valence electrons. The lowest BCUT2D eigenvalue weighted by atomic mass is 10.1. The summed E-state index contributed by atoms with van der Waals surface area (Å²) >= 11 is 0. The van der Waals surface area contributed by atoms with E-state index in [1.54, 1.807) is 38.3 Å². The molecule has 1 aromatic rings. The summed E-state index contributed by atoms with van der Waals surface area (Å²) in [7, 11) is 1.56. The van der Waals surface area contributed by atoms with Gasteiger partial charge in [0.2, 0.25) is 0 Å². The summed E-state index contributed by atoms with van der Waals surface area (Å²) in [6, 6.07) is 7.01. The molecule has 1 rings (SSSR count). The fraction of sp³-hybridized carbons (Fsp3) is 0.429. The number of ether oxygens (including phenoxy) is 2. The number of ketones is 1.